The number of aromatic nitrogens is 3. The van der Waals surface area contributed by atoms with Crippen LogP contribution in [0.1, 0.15) is 38.0 Å². The number of nitrogens with one attached hydrogen (secondary N) is 2. The van der Waals surface area contributed by atoms with Gasteiger partial charge in [-0.2, -0.15) is 15.0 Å². The van der Waals surface area contributed by atoms with E-state index in [1.165, 1.54) is 6.92 Å². The van der Waals surface area contributed by atoms with Gasteiger partial charge in [-0.3, -0.25) is 4.72 Å². The molecule has 0 bridgehead atoms. The van der Waals surface area contributed by atoms with Crippen LogP contribution < -0.4 is 10.0 Å². The van der Waals surface area contributed by atoms with Crippen molar-refractivity contribution in [1.82, 2.24) is 15.0 Å². The monoisotopic (exact) mass is 479 g/mol. The van der Waals surface area contributed by atoms with Crippen molar-refractivity contribution in [2.45, 2.75) is 43.6 Å². The quantitative estimate of drug-likeness (QED) is 0.351. The molecule has 0 aliphatic heterocycles. The van der Waals surface area contributed by atoms with Crippen LogP contribution in [0.2, 0.25) is 0 Å². The van der Waals surface area contributed by atoms with Gasteiger partial charge in [-0.25, -0.2) is 21.6 Å². The zero-order chi connectivity index (χ0) is 23.3. The Bertz CT molecular complexity index is 1020. The molecule has 0 spiro atoms. The maximum atomic E-state index is 14.1. The molecule has 13 heteroatoms. The van der Waals surface area contributed by atoms with Crippen molar-refractivity contribution in [3.8, 4) is 0 Å². The van der Waals surface area contributed by atoms with Gasteiger partial charge in [-0.15, -0.1) is 0 Å². The molecular weight excluding hydrogens is 455 g/mol. The van der Waals surface area contributed by atoms with Crippen LogP contribution in [0.3, 0.4) is 0 Å². The molecule has 0 saturated heterocycles. The highest BCUT2D eigenvalue weighted by Gasteiger charge is 2.21. The fourth-order valence-electron chi connectivity index (χ4n) is 2.69. The van der Waals surface area contributed by atoms with Gasteiger partial charge in [0.25, 0.3) is 0 Å². The summed E-state index contributed by atoms with van der Waals surface area (Å²) in [6.07, 6.45) is 1.52. The molecule has 0 aliphatic carbocycles. The van der Waals surface area contributed by atoms with Crippen molar-refractivity contribution in [3.05, 3.63) is 35.1 Å². The summed E-state index contributed by atoms with van der Waals surface area (Å²) >= 11 is 0.900. The highest BCUT2D eigenvalue weighted by Crippen LogP contribution is 2.35. The third kappa shape index (κ3) is 7.51. The maximum absolute atomic E-state index is 14.1. The van der Waals surface area contributed by atoms with Crippen LogP contribution in [0.5, 0.6) is 0 Å². The van der Waals surface area contributed by atoms with Crippen molar-refractivity contribution in [1.29, 1.82) is 0 Å². The smallest absolute Gasteiger partial charge is 0.242 e. The van der Waals surface area contributed by atoms with Crippen LogP contribution >= 0.6 is 11.8 Å². The van der Waals surface area contributed by atoms with Gasteiger partial charge in [0.15, 0.2) is 22.6 Å². The number of rotatable bonds is 10. The van der Waals surface area contributed by atoms with E-state index in [2.05, 4.69) is 25.0 Å². The Kier molecular flexibility index (Phi) is 8.49. The summed E-state index contributed by atoms with van der Waals surface area (Å²) in [6, 6.07) is 1.54. The van der Waals surface area contributed by atoms with Crippen molar-refractivity contribution in [2.75, 3.05) is 22.9 Å². The SMILES string of the molecule is CC(C)C[C@H](CO)Nc1nc(NS(C)(=O)=O)nc(S[C@@H](C)c2ccc(F)c(F)c2F)n1. The summed E-state index contributed by atoms with van der Waals surface area (Å²) in [6.45, 7) is 5.26. The fraction of sp³-hybridized carbons (Fsp3) is 0.500. The van der Waals surface area contributed by atoms with E-state index < -0.39 is 38.8 Å². The molecule has 172 valence electrons. The Balaban J connectivity index is 2.36. The van der Waals surface area contributed by atoms with Crippen LogP contribution in [0.25, 0.3) is 0 Å². The first kappa shape index (κ1) is 25.1. The van der Waals surface area contributed by atoms with E-state index >= 15 is 0 Å². The summed E-state index contributed by atoms with van der Waals surface area (Å²) in [5.41, 5.74) is -0.107. The van der Waals surface area contributed by atoms with Crippen LogP contribution in [0.15, 0.2) is 17.3 Å². The number of hydrogen-bond donors (Lipinski definition) is 3. The van der Waals surface area contributed by atoms with Crippen LogP contribution in [-0.4, -0.2) is 47.4 Å². The Hall–Kier alpha value is -2.12. The first-order chi connectivity index (χ1) is 14.4. The number of thioether (sulfide) groups is 1. The molecule has 0 fully saturated rings. The number of nitrogens with zero attached hydrogens (tertiary/aromatic N) is 3. The van der Waals surface area contributed by atoms with Gasteiger partial charge in [0, 0.05) is 10.8 Å². The molecule has 2 aromatic rings. The molecule has 2 atom stereocenters. The lowest BCUT2D eigenvalue weighted by Gasteiger charge is -2.19. The molecule has 1 aromatic carbocycles. The van der Waals surface area contributed by atoms with E-state index in [1.807, 2.05) is 13.8 Å². The molecule has 0 unspecified atom stereocenters. The predicted octanol–water partition coefficient (Wildman–Crippen LogP) is 3.33. The number of aliphatic hydroxyl groups excluding tert-OH is 1. The minimum absolute atomic E-state index is 0.00121. The fourth-order valence-corrected chi connectivity index (χ4v) is 4.02. The molecule has 2 rings (SSSR count). The second kappa shape index (κ2) is 10.5. The topological polar surface area (TPSA) is 117 Å². The third-order valence-corrected chi connectivity index (χ3v) is 5.54. The van der Waals surface area contributed by atoms with Gasteiger partial charge in [-0.1, -0.05) is 31.7 Å². The van der Waals surface area contributed by atoms with Gasteiger partial charge >= 0.3 is 0 Å². The predicted molar refractivity (Wildman–Crippen MR) is 113 cm³/mol. The molecule has 0 amide bonds. The standard InChI is InChI=1S/C18H24F3N5O3S2/c1-9(2)7-11(8-27)22-16-23-17(26-31(4,28)29)25-18(24-16)30-10(3)12-5-6-13(19)15(21)14(12)20/h5-6,9-11,27H,7-8H2,1-4H3,(H2,22,23,24,25,26)/t10-,11+/m0/s1. The highest BCUT2D eigenvalue weighted by molar-refractivity contribution is 7.99. The number of benzene rings is 1. The van der Waals surface area contributed by atoms with Gasteiger partial charge in [-0.05, 0) is 25.3 Å². The molecule has 1 heterocycles. The first-order valence-corrected chi connectivity index (χ1v) is 12.1. The molecule has 0 aliphatic rings. The number of sulfonamides is 1. The molecule has 31 heavy (non-hydrogen) atoms. The lowest BCUT2D eigenvalue weighted by Crippen LogP contribution is -2.27. The number of hydrogen-bond acceptors (Lipinski definition) is 8. The van der Waals surface area contributed by atoms with Gasteiger partial charge in [0.1, 0.15) is 0 Å². The van der Waals surface area contributed by atoms with Gasteiger partial charge in [0.05, 0.1) is 18.9 Å². The van der Waals surface area contributed by atoms with Crippen molar-refractivity contribution < 1.29 is 26.7 Å². The van der Waals surface area contributed by atoms with E-state index in [-0.39, 0.29) is 35.1 Å². The minimum Gasteiger partial charge on any atom is -0.394 e. The van der Waals surface area contributed by atoms with E-state index in [9.17, 15) is 26.7 Å². The first-order valence-electron chi connectivity index (χ1n) is 9.31. The normalized spacial score (nSPS) is 13.8. The Morgan fingerprint density at radius 3 is 2.29 bits per heavy atom. The lowest BCUT2D eigenvalue weighted by molar-refractivity contribution is 0.259. The zero-order valence-corrected chi connectivity index (χ0v) is 19.0. The second-order valence-electron chi connectivity index (χ2n) is 7.32. The van der Waals surface area contributed by atoms with Crippen LogP contribution in [0, 0.1) is 23.4 Å². The van der Waals surface area contributed by atoms with Crippen LogP contribution in [0.4, 0.5) is 25.1 Å². The average molecular weight is 480 g/mol. The summed E-state index contributed by atoms with van der Waals surface area (Å²) in [4.78, 5) is 12.2. The number of aliphatic hydroxyl groups is 1. The molecule has 0 saturated carbocycles. The third-order valence-electron chi connectivity index (χ3n) is 3.99. The van der Waals surface area contributed by atoms with E-state index in [0.29, 0.717) is 6.42 Å². The number of halogens is 3. The maximum Gasteiger partial charge on any atom is 0.242 e. The molecule has 0 radical (unpaired) electrons. The second-order valence-corrected chi connectivity index (χ2v) is 10.4. The van der Waals surface area contributed by atoms with Gasteiger partial charge < -0.3 is 10.4 Å². The van der Waals surface area contributed by atoms with E-state index in [1.54, 1.807) is 0 Å². The lowest BCUT2D eigenvalue weighted by atomic mass is 10.0. The zero-order valence-electron chi connectivity index (χ0n) is 17.4. The summed E-state index contributed by atoms with van der Waals surface area (Å²) in [7, 11) is -3.70. The Morgan fingerprint density at radius 1 is 1.06 bits per heavy atom. The van der Waals surface area contributed by atoms with E-state index in [0.717, 1.165) is 30.2 Å². The molecule has 8 nitrogen and oxygen atoms in total. The van der Waals surface area contributed by atoms with Gasteiger partial charge in [0.2, 0.25) is 21.9 Å². The molecular formula is C18H24F3N5O3S2. The van der Waals surface area contributed by atoms with Crippen molar-refractivity contribution >= 4 is 33.7 Å². The summed E-state index contributed by atoms with van der Waals surface area (Å²) in [5, 5.41) is 11.8. The highest BCUT2D eigenvalue weighted by atomic mass is 32.2. The minimum atomic E-state index is -3.70. The average Bonchev–Trinajstić information content (AvgIpc) is 2.63. The Morgan fingerprint density at radius 2 is 1.71 bits per heavy atom. The van der Waals surface area contributed by atoms with Crippen LogP contribution in [-0.2, 0) is 10.0 Å². The largest absolute Gasteiger partial charge is 0.394 e. The molecule has 1 aromatic heterocycles. The summed E-state index contributed by atoms with van der Waals surface area (Å²) < 4.78 is 66.3. The van der Waals surface area contributed by atoms with Crippen molar-refractivity contribution in [3.63, 3.8) is 0 Å². The number of anilines is 2. The summed E-state index contributed by atoms with van der Waals surface area (Å²) in [5.74, 6) is -4.22. The van der Waals surface area contributed by atoms with E-state index in [4.69, 9.17) is 0 Å². The molecule has 3 N–H and O–H groups in total. The Labute approximate surface area is 183 Å². The van der Waals surface area contributed by atoms with Crippen molar-refractivity contribution in [2.24, 2.45) is 5.92 Å².